The van der Waals surface area contributed by atoms with E-state index < -0.39 is 5.97 Å². The van der Waals surface area contributed by atoms with Crippen LogP contribution in [0.1, 0.15) is 12.5 Å². The minimum atomic E-state index is -0.500. The summed E-state index contributed by atoms with van der Waals surface area (Å²) in [6.07, 6.45) is 1.42. The van der Waals surface area contributed by atoms with E-state index in [-0.39, 0.29) is 18.2 Å². The van der Waals surface area contributed by atoms with E-state index in [1.54, 1.807) is 43.5 Å². The molecule has 1 amide bonds. The molecule has 0 heterocycles. The van der Waals surface area contributed by atoms with Crippen LogP contribution in [0.2, 0.25) is 0 Å². The second kappa shape index (κ2) is 10.5. The molecule has 9 nitrogen and oxygen atoms in total. The summed E-state index contributed by atoms with van der Waals surface area (Å²) in [6.45, 7) is 1.32. The highest BCUT2D eigenvalue weighted by Crippen LogP contribution is 2.38. The summed E-state index contributed by atoms with van der Waals surface area (Å²) in [4.78, 5) is 23.2. The van der Waals surface area contributed by atoms with E-state index in [1.807, 2.05) is 0 Å². The number of methoxy groups -OCH3 is 3. The van der Waals surface area contributed by atoms with Gasteiger partial charge in [-0.25, -0.2) is 5.43 Å². The molecule has 0 aromatic heterocycles. The van der Waals surface area contributed by atoms with Gasteiger partial charge in [-0.1, -0.05) is 0 Å². The Kier molecular flexibility index (Phi) is 7.84. The number of hydrazone groups is 1. The van der Waals surface area contributed by atoms with Crippen molar-refractivity contribution >= 4 is 23.8 Å². The lowest BCUT2D eigenvalue weighted by Crippen LogP contribution is -2.25. The molecule has 0 spiro atoms. The number of hydrogen-bond donors (Lipinski definition) is 2. The predicted octanol–water partition coefficient (Wildman–Crippen LogP) is 2.20. The van der Waals surface area contributed by atoms with Crippen molar-refractivity contribution in [2.45, 2.75) is 6.92 Å². The zero-order valence-electron chi connectivity index (χ0n) is 16.6. The molecule has 154 valence electrons. The van der Waals surface area contributed by atoms with Gasteiger partial charge in [0.1, 0.15) is 5.75 Å². The number of benzene rings is 2. The fraction of sp³-hybridized carbons (Fsp3) is 0.250. The summed E-state index contributed by atoms with van der Waals surface area (Å²) in [7, 11) is 4.47. The van der Waals surface area contributed by atoms with E-state index in [4.69, 9.17) is 18.9 Å². The third kappa shape index (κ3) is 6.42. The predicted molar refractivity (Wildman–Crippen MR) is 108 cm³/mol. The highest BCUT2D eigenvalue weighted by molar-refractivity contribution is 5.86. The molecule has 0 saturated carbocycles. The van der Waals surface area contributed by atoms with E-state index in [0.29, 0.717) is 17.1 Å². The summed E-state index contributed by atoms with van der Waals surface area (Å²) in [5.74, 6) is 0.678. The number of carbonyl (C=O) groups excluding carboxylic acids is 2. The van der Waals surface area contributed by atoms with Crippen molar-refractivity contribution in [3.63, 3.8) is 0 Å². The molecule has 2 aromatic rings. The standard InChI is InChI=1S/C20H23N3O6/c1-13(24)29-20-17(27-3)9-14(10-18(20)28-4)11-22-23-19(25)12-21-15-5-7-16(26-2)8-6-15/h5-11,21H,12H2,1-4H3,(H,23,25)/b22-11+. The topological polar surface area (TPSA) is 107 Å². The first-order valence-electron chi connectivity index (χ1n) is 8.61. The molecule has 0 aliphatic rings. The molecule has 0 atom stereocenters. The Bertz CT molecular complexity index is 855. The molecule has 0 aliphatic carbocycles. The minimum absolute atomic E-state index is 0.0434. The molecule has 2 rings (SSSR count). The first kappa shape index (κ1) is 21.5. The summed E-state index contributed by atoms with van der Waals surface area (Å²) in [5.41, 5.74) is 3.78. The van der Waals surface area contributed by atoms with Gasteiger partial charge in [-0.05, 0) is 36.4 Å². The normalized spacial score (nSPS) is 10.3. The van der Waals surface area contributed by atoms with Crippen LogP contribution in [0.15, 0.2) is 41.5 Å². The second-order valence-electron chi connectivity index (χ2n) is 5.72. The summed E-state index contributed by atoms with van der Waals surface area (Å²) < 4.78 is 20.7. The van der Waals surface area contributed by atoms with Gasteiger partial charge in [-0.15, -0.1) is 0 Å². The van der Waals surface area contributed by atoms with Crippen LogP contribution in [0.4, 0.5) is 5.69 Å². The van der Waals surface area contributed by atoms with Crippen molar-refractivity contribution in [1.82, 2.24) is 5.43 Å². The Hall–Kier alpha value is -3.75. The number of anilines is 1. The van der Waals surface area contributed by atoms with Gasteiger partial charge in [-0.3, -0.25) is 9.59 Å². The number of nitrogens with zero attached hydrogens (tertiary/aromatic N) is 1. The zero-order valence-corrected chi connectivity index (χ0v) is 16.6. The SMILES string of the molecule is COc1ccc(NCC(=O)N/N=C/c2cc(OC)c(OC(C)=O)c(OC)c2)cc1. The molecular formula is C20H23N3O6. The molecule has 0 aliphatic heterocycles. The minimum Gasteiger partial charge on any atom is -0.497 e. The Morgan fingerprint density at radius 1 is 1.00 bits per heavy atom. The van der Waals surface area contributed by atoms with Gasteiger partial charge < -0.3 is 24.3 Å². The number of nitrogens with one attached hydrogen (secondary N) is 2. The summed E-state index contributed by atoms with van der Waals surface area (Å²) in [5, 5.41) is 6.90. The Morgan fingerprint density at radius 3 is 2.14 bits per heavy atom. The number of esters is 1. The number of hydrogen-bond acceptors (Lipinski definition) is 8. The highest BCUT2D eigenvalue weighted by atomic mass is 16.6. The van der Waals surface area contributed by atoms with Gasteiger partial charge >= 0.3 is 5.97 Å². The first-order chi connectivity index (χ1) is 14.0. The van der Waals surface area contributed by atoms with Crippen LogP contribution < -0.4 is 29.7 Å². The van der Waals surface area contributed by atoms with Crippen LogP contribution in [0.5, 0.6) is 23.0 Å². The van der Waals surface area contributed by atoms with E-state index in [0.717, 1.165) is 11.4 Å². The number of rotatable bonds is 9. The lowest BCUT2D eigenvalue weighted by Gasteiger charge is -2.13. The Balaban J connectivity index is 1.97. The van der Waals surface area contributed by atoms with Gasteiger partial charge in [0.05, 0.1) is 34.1 Å². The lowest BCUT2D eigenvalue weighted by molar-refractivity contribution is -0.132. The number of amides is 1. The van der Waals surface area contributed by atoms with E-state index in [2.05, 4.69) is 15.8 Å². The smallest absolute Gasteiger partial charge is 0.308 e. The van der Waals surface area contributed by atoms with Crippen molar-refractivity contribution in [2.24, 2.45) is 5.10 Å². The maximum absolute atomic E-state index is 11.9. The van der Waals surface area contributed by atoms with E-state index >= 15 is 0 Å². The third-order valence-corrected chi connectivity index (χ3v) is 3.67. The van der Waals surface area contributed by atoms with Gasteiger partial charge in [-0.2, -0.15) is 5.10 Å². The third-order valence-electron chi connectivity index (χ3n) is 3.67. The fourth-order valence-corrected chi connectivity index (χ4v) is 2.33. The van der Waals surface area contributed by atoms with Crippen LogP contribution in [0, 0.1) is 0 Å². The number of carbonyl (C=O) groups is 2. The van der Waals surface area contributed by atoms with Crippen molar-refractivity contribution < 1.29 is 28.5 Å². The van der Waals surface area contributed by atoms with Crippen LogP contribution >= 0.6 is 0 Å². The van der Waals surface area contributed by atoms with Gasteiger partial charge in [0, 0.05) is 18.2 Å². The molecule has 2 N–H and O–H groups in total. The quantitative estimate of drug-likeness (QED) is 0.287. The van der Waals surface area contributed by atoms with Crippen LogP contribution in [0.3, 0.4) is 0 Å². The first-order valence-corrected chi connectivity index (χ1v) is 8.61. The highest BCUT2D eigenvalue weighted by Gasteiger charge is 2.15. The maximum atomic E-state index is 11.9. The summed E-state index contributed by atoms with van der Waals surface area (Å²) >= 11 is 0. The Morgan fingerprint density at radius 2 is 1.62 bits per heavy atom. The van der Waals surface area contributed by atoms with Gasteiger partial charge in [0.2, 0.25) is 5.75 Å². The molecule has 0 bridgehead atoms. The molecule has 0 fully saturated rings. The van der Waals surface area contributed by atoms with Crippen molar-refractivity contribution in [1.29, 1.82) is 0 Å². The molecular weight excluding hydrogens is 378 g/mol. The Labute approximate surface area is 168 Å². The second-order valence-corrected chi connectivity index (χ2v) is 5.72. The monoisotopic (exact) mass is 401 g/mol. The lowest BCUT2D eigenvalue weighted by atomic mass is 10.2. The van der Waals surface area contributed by atoms with Gasteiger partial charge in [0.15, 0.2) is 11.5 Å². The van der Waals surface area contributed by atoms with Crippen molar-refractivity contribution in [3.05, 3.63) is 42.0 Å². The summed E-state index contributed by atoms with van der Waals surface area (Å²) in [6, 6.07) is 10.4. The molecule has 0 unspecified atom stereocenters. The van der Waals surface area contributed by atoms with Crippen LogP contribution in [-0.4, -0.2) is 46.0 Å². The maximum Gasteiger partial charge on any atom is 0.308 e. The molecule has 9 heteroatoms. The number of ether oxygens (including phenoxy) is 4. The average Bonchev–Trinajstić information content (AvgIpc) is 2.72. The van der Waals surface area contributed by atoms with E-state index in [1.165, 1.54) is 27.4 Å². The molecule has 29 heavy (non-hydrogen) atoms. The largest absolute Gasteiger partial charge is 0.497 e. The van der Waals surface area contributed by atoms with Crippen molar-refractivity contribution in [3.8, 4) is 23.0 Å². The molecule has 0 saturated heterocycles. The van der Waals surface area contributed by atoms with Crippen LogP contribution in [-0.2, 0) is 9.59 Å². The van der Waals surface area contributed by atoms with Gasteiger partial charge in [0.25, 0.3) is 5.91 Å². The van der Waals surface area contributed by atoms with E-state index in [9.17, 15) is 9.59 Å². The van der Waals surface area contributed by atoms with Crippen molar-refractivity contribution in [2.75, 3.05) is 33.2 Å². The average molecular weight is 401 g/mol. The molecule has 2 aromatic carbocycles. The zero-order chi connectivity index (χ0) is 21.2. The van der Waals surface area contributed by atoms with Crippen LogP contribution in [0.25, 0.3) is 0 Å². The fourth-order valence-electron chi connectivity index (χ4n) is 2.33. The molecule has 0 radical (unpaired) electrons.